The van der Waals surface area contributed by atoms with E-state index < -0.39 is 6.10 Å². The monoisotopic (exact) mass is 821 g/mol. The van der Waals surface area contributed by atoms with Crippen molar-refractivity contribution in [3.63, 3.8) is 0 Å². The van der Waals surface area contributed by atoms with Crippen LogP contribution >= 0.6 is 0 Å². The van der Waals surface area contributed by atoms with Crippen molar-refractivity contribution in [1.82, 2.24) is 0 Å². The number of ether oxygens (including phenoxy) is 3. The van der Waals surface area contributed by atoms with Crippen LogP contribution in [0.5, 0.6) is 0 Å². The van der Waals surface area contributed by atoms with Crippen LogP contribution in [0.1, 0.15) is 285 Å². The van der Waals surface area contributed by atoms with Gasteiger partial charge < -0.3 is 14.2 Å². The van der Waals surface area contributed by atoms with Gasteiger partial charge in [-0.3, -0.25) is 14.4 Å². The smallest absolute Gasteiger partial charge is 0.306 e. The fraction of sp³-hybridized carbons (Fsp3) is 0.942. The van der Waals surface area contributed by atoms with E-state index in [4.69, 9.17) is 14.2 Å². The molecule has 0 spiro atoms. The number of unbranched alkanes of at least 4 members (excludes halogenated alkanes) is 31. The van der Waals surface area contributed by atoms with Crippen LogP contribution in [0.25, 0.3) is 0 Å². The molecule has 0 N–H and O–H groups in total. The van der Waals surface area contributed by atoms with Crippen molar-refractivity contribution < 1.29 is 28.6 Å². The summed E-state index contributed by atoms with van der Waals surface area (Å²) in [4.78, 5) is 37.9. The number of hydrogen-bond donors (Lipinski definition) is 0. The predicted molar refractivity (Wildman–Crippen MR) is 247 cm³/mol. The highest BCUT2D eigenvalue weighted by Crippen LogP contribution is 2.17. The first-order chi connectivity index (χ1) is 28.2. The summed E-state index contributed by atoms with van der Waals surface area (Å²) in [5.41, 5.74) is 0. The molecular formula is C52H100O6. The lowest BCUT2D eigenvalue weighted by molar-refractivity contribution is -0.167. The lowest BCUT2D eigenvalue weighted by Gasteiger charge is -2.18. The van der Waals surface area contributed by atoms with Crippen molar-refractivity contribution in [1.29, 1.82) is 0 Å². The average molecular weight is 821 g/mol. The van der Waals surface area contributed by atoms with Gasteiger partial charge in [0.1, 0.15) is 13.2 Å². The number of carbonyl (C=O) groups is 3. The van der Waals surface area contributed by atoms with Gasteiger partial charge in [0.15, 0.2) is 6.10 Å². The van der Waals surface area contributed by atoms with Gasteiger partial charge in [0.2, 0.25) is 0 Å². The summed E-state index contributed by atoms with van der Waals surface area (Å²) in [7, 11) is 0. The topological polar surface area (TPSA) is 78.9 Å². The van der Waals surface area contributed by atoms with E-state index in [1.807, 2.05) is 0 Å². The molecule has 0 aromatic rings. The molecule has 0 radical (unpaired) electrons. The van der Waals surface area contributed by atoms with Gasteiger partial charge in [-0.2, -0.15) is 0 Å². The second kappa shape index (κ2) is 44.9. The molecule has 58 heavy (non-hydrogen) atoms. The van der Waals surface area contributed by atoms with Crippen molar-refractivity contribution in [3.8, 4) is 0 Å². The Balaban J connectivity index is 4.32. The van der Waals surface area contributed by atoms with Crippen molar-refractivity contribution in [2.75, 3.05) is 13.2 Å². The minimum absolute atomic E-state index is 0.0638. The van der Waals surface area contributed by atoms with E-state index >= 15 is 0 Å². The fourth-order valence-electron chi connectivity index (χ4n) is 7.81. The van der Waals surface area contributed by atoms with Crippen molar-refractivity contribution in [2.24, 2.45) is 11.8 Å². The molecule has 1 atom stereocenters. The molecule has 0 saturated carbocycles. The van der Waals surface area contributed by atoms with Crippen molar-refractivity contribution in [3.05, 3.63) is 0 Å². The third-order valence-electron chi connectivity index (χ3n) is 11.7. The Labute approximate surface area is 361 Å². The first kappa shape index (κ1) is 56.4. The maximum atomic E-state index is 12.8. The van der Waals surface area contributed by atoms with Gasteiger partial charge in [0.25, 0.3) is 0 Å². The number of carbonyl (C=O) groups excluding carboxylic acids is 3. The zero-order valence-corrected chi connectivity index (χ0v) is 39.7. The largest absolute Gasteiger partial charge is 0.462 e. The van der Waals surface area contributed by atoms with Crippen LogP contribution in [0.3, 0.4) is 0 Å². The Kier molecular flexibility index (Phi) is 43.7. The van der Waals surface area contributed by atoms with Crippen molar-refractivity contribution in [2.45, 2.75) is 291 Å². The zero-order chi connectivity index (χ0) is 42.6. The van der Waals surface area contributed by atoms with Crippen LogP contribution in [0.15, 0.2) is 0 Å². The zero-order valence-electron chi connectivity index (χ0n) is 39.7. The van der Waals surface area contributed by atoms with E-state index in [1.165, 1.54) is 173 Å². The van der Waals surface area contributed by atoms with Crippen molar-refractivity contribution >= 4 is 17.9 Å². The van der Waals surface area contributed by atoms with Gasteiger partial charge in [-0.05, 0) is 31.1 Å². The molecule has 0 aromatic carbocycles. The van der Waals surface area contributed by atoms with E-state index in [0.717, 1.165) is 69.6 Å². The third-order valence-corrected chi connectivity index (χ3v) is 11.7. The highest BCUT2D eigenvalue weighted by molar-refractivity contribution is 5.71. The molecular weight excluding hydrogens is 721 g/mol. The maximum Gasteiger partial charge on any atom is 0.306 e. The minimum atomic E-state index is -0.761. The summed E-state index contributed by atoms with van der Waals surface area (Å²) in [6, 6.07) is 0. The van der Waals surface area contributed by atoms with Crippen LogP contribution in [0.4, 0.5) is 0 Å². The SMILES string of the molecule is CCCCCCCCCCCCCCCCC(=O)OC[C@@H](COC(=O)CCCCCCCCCCCCC(C)C)OC(=O)CCCCCCCCCCCCC(C)C. The highest BCUT2D eigenvalue weighted by atomic mass is 16.6. The molecule has 344 valence electrons. The molecule has 0 saturated heterocycles. The lowest BCUT2D eigenvalue weighted by atomic mass is 10.0. The van der Waals surface area contributed by atoms with Crippen LogP contribution < -0.4 is 0 Å². The second-order valence-electron chi connectivity index (χ2n) is 18.8. The van der Waals surface area contributed by atoms with Gasteiger partial charge in [0.05, 0.1) is 0 Å². The molecule has 0 fully saturated rings. The fourth-order valence-corrected chi connectivity index (χ4v) is 7.81. The highest BCUT2D eigenvalue weighted by Gasteiger charge is 2.19. The van der Waals surface area contributed by atoms with Gasteiger partial charge in [-0.15, -0.1) is 0 Å². The molecule has 0 bridgehead atoms. The number of hydrogen-bond acceptors (Lipinski definition) is 6. The summed E-state index contributed by atoms with van der Waals surface area (Å²) in [5.74, 6) is 0.786. The Bertz CT molecular complexity index is 885. The van der Waals surface area contributed by atoms with Crippen LogP contribution in [0, 0.1) is 11.8 Å². The first-order valence-electron chi connectivity index (χ1n) is 25.7. The molecule has 6 nitrogen and oxygen atoms in total. The average Bonchev–Trinajstić information content (AvgIpc) is 3.19. The van der Waals surface area contributed by atoms with E-state index in [0.29, 0.717) is 19.3 Å². The van der Waals surface area contributed by atoms with E-state index in [2.05, 4.69) is 34.6 Å². The van der Waals surface area contributed by atoms with E-state index in [-0.39, 0.29) is 31.1 Å². The quantitative estimate of drug-likeness (QED) is 0.0346. The normalized spacial score (nSPS) is 12.1. The molecule has 6 heteroatoms. The van der Waals surface area contributed by atoms with Gasteiger partial charge >= 0.3 is 17.9 Å². The summed E-state index contributed by atoms with van der Waals surface area (Å²) in [6.07, 6.45) is 45.1. The van der Waals surface area contributed by atoms with E-state index in [9.17, 15) is 14.4 Å². The third kappa shape index (κ3) is 45.5. The molecule has 0 unspecified atom stereocenters. The summed E-state index contributed by atoms with van der Waals surface area (Å²) < 4.78 is 16.8. The summed E-state index contributed by atoms with van der Waals surface area (Å²) in [6.45, 7) is 11.3. The molecule has 0 rings (SSSR count). The Morgan fingerprint density at radius 2 is 0.569 bits per heavy atom. The van der Waals surface area contributed by atoms with Crippen LogP contribution in [0.2, 0.25) is 0 Å². The Hall–Kier alpha value is -1.59. The van der Waals surface area contributed by atoms with Gasteiger partial charge in [-0.25, -0.2) is 0 Å². The van der Waals surface area contributed by atoms with E-state index in [1.54, 1.807) is 0 Å². The van der Waals surface area contributed by atoms with Crippen LogP contribution in [-0.4, -0.2) is 37.2 Å². The lowest BCUT2D eigenvalue weighted by Crippen LogP contribution is -2.30. The van der Waals surface area contributed by atoms with Crippen LogP contribution in [-0.2, 0) is 28.6 Å². The Morgan fingerprint density at radius 1 is 0.328 bits per heavy atom. The molecule has 0 heterocycles. The number of esters is 3. The summed E-state index contributed by atoms with van der Waals surface area (Å²) in [5, 5.41) is 0. The minimum Gasteiger partial charge on any atom is -0.462 e. The molecule has 0 aliphatic rings. The standard InChI is InChI=1S/C52H100O6/c1-6-7-8-9-10-11-12-13-14-15-22-27-32-37-42-50(53)56-45-49(58-52(55)44-39-34-29-24-19-17-21-26-31-36-41-48(4)5)46-57-51(54)43-38-33-28-23-18-16-20-25-30-35-40-47(2)3/h47-49H,6-46H2,1-5H3/t49-/m0/s1. The Morgan fingerprint density at radius 3 is 0.845 bits per heavy atom. The molecule has 0 aliphatic carbocycles. The van der Waals surface area contributed by atoms with Gasteiger partial charge in [0, 0.05) is 19.3 Å². The number of rotatable bonds is 46. The van der Waals surface area contributed by atoms with Gasteiger partial charge in [-0.1, -0.05) is 247 Å². The maximum absolute atomic E-state index is 12.8. The predicted octanol–water partition coefficient (Wildman–Crippen LogP) is 16.5. The molecule has 0 aliphatic heterocycles. The second-order valence-corrected chi connectivity index (χ2v) is 18.8. The first-order valence-corrected chi connectivity index (χ1v) is 25.7. The molecule has 0 aromatic heterocycles. The molecule has 0 amide bonds. The summed E-state index contributed by atoms with van der Waals surface area (Å²) >= 11 is 0.